The van der Waals surface area contributed by atoms with Gasteiger partial charge in [0.25, 0.3) is 5.56 Å². The molecule has 0 aliphatic rings. The summed E-state index contributed by atoms with van der Waals surface area (Å²) in [6.45, 7) is 0.626. The number of carbonyl (C=O) groups excluding carboxylic acids is 2. The number of para-hydroxylation sites is 1. The molecule has 0 unspecified atom stereocenters. The Bertz CT molecular complexity index is 1180. The molecule has 0 saturated heterocycles. The maximum Gasteiger partial charge on any atom is 0.261 e. The van der Waals surface area contributed by atoms with Crippen molar-refractivity contribution in [1.29, 1.82) is 0 Å². The van der Waals surface area contributed by atoms with E-state index in [9.17, 15) is 27.6 Å². The molecule has 1 heterocycles. The van der Waals surface area contributed by atoms with Crippen molar-refractivity contribution in [3.05, 3.63) is 70.0 Å². The fourth-order valence-electron chi connectivity index (χ4n) is 2.66. The number of carbonyl (C=O) groups is 2. The molecule has 2 N–H and O–H groups in total. The lowest BCUT2D eigenvalue weighted by Crippen LogP contribution is -2.38. The Labute approximate surface area is 162 Å². The lowest BCUT2D eigenvalue weighted by molar-refractivity contribution is -0.124. The van der Waals surface area contributed by atoms with Gasteiger partial charge in [0.2, 0.25) is 11.8 Å². The Morgan fingerprint density at radius 3 is 2.52 bits per heavy atom. The first kappa shape index (κ1) is 20.1. The first-order valence-corrected chi connectivity index (χ1v) is 8.44. The summed E-state index contributed by atoms with van der Waals surface area (Å²) in [4.78, 5) is 40.7. The zero-order valence-electron chi connectivity index (χ0n) is 15.1. The molecule has 3 rings (SSSR count). The van der Waals surface area contributed by atoms with E-state index in [-0.39, 0.29) is 6.54 Å². The van der Waals surface area contributed by atoms with Crippen LogP contribution < -0.4 is 16.2 Å². The minimum atomic E-state index is -1.72. The van der Waals surface area contributed by atoms with Gasteiger partial charge in [-0.1, -0.05) is 12.1 Å². The van der Waals surface area contributed by atoms with Gasteiger partial charge in [0.1, 0.15) is 12.4 Å². The molecule has 0 atom stereocenters. The van der Waals surface area contributed by atoms with E-state index in [1.165, 1.54) is 0 Å². The number of aromatic nitrogens is 2. The van der Waals surface area contributed by atoms with E-state index in [4.69, 9.17) is 0 Å². The van der Waals surface area contributed by atoms with E-state index >= 15 is 0 Å². The van der Waals surface area contributed by atoms with Gasteiger partial charge in [-0.15, -0.1) is 0 Å². The highest BCUT2D eigenvalue weighted by Crippen LogP contribution is 2.19. The number of aryl methyl sites for hydroxylation is 1. The topological polar surface area (TPSA) is 93.1 Å². The van der Waals surface area contributed by atoms with Crippen LogP contribution in [0.4, 0.5) is 18.9 Å². The van der Waals surface area contributed by atoms with Crippen LogP contribution in [-0.2, 0) is 16.1 Å². The maximum absolute atomic E-state index is 13.6. The zero-order valence-corrected chi connectivity index (χ0v) is 15.1. The second-order valence-corrected chi connectivity index (χ2v) is 6.12. The second kappa shape index (κ2) is 8.13. The van der Waals surface area contributed by atoms with E-state index in [0.717, 1.165) is 10.6 Å². The minimum Gasteiger partial charge on any atom is -0.345 e. The van der Waals surface area contributed by atoms with Crippen molar-refractivity contribution < 1.29 is 22.8 Å². The highest BCUT2D eigenvalue weighted by atomic mass is 19.2. The summed E-state index contributed by atoms with van der Waals surface area (Å²) in [5.74, 6) is -5.85. The van der Waals surface area contributed by atoms with Crippen LogP contribution in [0.15, 0.2) is 41.2 Å². The number of benzene rings is 2. The Morgan fingerprint density at radius 2 is 1.76 bits per heavy atom. The monoisotopic (exact) mass is 404 g/mol. The zero-order chi connectivity index (χ0) is 21.1. The number of hydrogen-bond donors (Lipinski definition) is 2. The molecule has 2 aromatic carbocycles. The van der Waals surface area contributed by atoms with Gasteiger partial charge in [0, 0.05) is 0 Å². The summed E-state index contributed by atoms with van der Waals surface area (Å²) in [7, 11) is 0. The first-order chi connectivity index (χ1) is 13.8. The normalized spacial score (nSPS) is 10.8. The van der Waals surface area contributed by atoms with Crippen LogP contribution in [0.3, 0.4) is 0 Å². The van der Waals surface area contributed by atoms with Crippen molar-refractivity contribution in [3.8, 4) is 0 Å². The van der Waals surface area contributed by atoms with Crippen LogP contribution in [0.5, 0.6) is 0 Å². The lowest BCUT2D eigenvalue weighted by atomic mass is 10.2. The van der Waals surface area contributed by atoms with E-state index in [1.807, 2.05) is 5.32 Å². The van der Waals surface area contributed by atoms with Gasteiger partial charge in [-0.05, 0) is 31.2 Å². The Morgan fingerprint density at radius 1 is 1.03 bits per heavy atom. The van der Waals surface area contributed by atoms with Crippen molar-refractivity contribution >= 4 is 28.4 Å². The van der Waals surface area contributed by atoms with Crippen LogP contribution >= 0.6 is 0 Å². The molecule has 0 aliphatic carbocycles. The number of anilines is 1. The summed E-state index contributed by atoms with van der Waals surface area (Å²) < 4.78 is 40.8. The van der Waals surface area contributed by atoms with Crippen molar-refractivity contribution in [3.63, 3.8) is 0 Å². The fraction of sp³-hybridized carbons (Fsp3) is 0.158. The number of halogens is 3. The number of rotatable bonds is 5. The molecule has 10 heteroatoms. The largest absolute Gasteiger partial charge is 0.345 e. The second-order valence-electron chi connectivity index (χ2n) is 6.12. The number of amides is 2. The average Bonchev–Trinajstić information content (AvgIpc) is 2.70. The third-order valence-electron chi connectivity index (χ3n) is 4.11. The Balaban J connectivity index is 1.65. The molecule has 0 aliphatic heterocycles. The van der Waals surface area contributed by atoms with Gasteiger partial charge in [0.05, 0.1) is 23.1 Å². The Hall–Kier alpha value is -3.69. The average molecular weight is 404 g/mol. The summed E-state index contributed by atoms with van der Waals surface area (Å²) in [5.41, 5.74) is -0.468. The molecule has 29 heavy (non-hydrogen) atoms. The summed E-state index contributed by atoms with van der Waals surface area (Å²) in [5, 5.41) is 4.64. The summed E-state index contributed by atoms with van der Waals surface area (Å²) in [6, 6.07) is 8.19. The predicted octanol–water partition coefficient (Wildman–Crippen LogP) is 1.88. The molecular formula is C19H15F3N4O3. The van der Waals surface area contributed by atoms with Crippen molar-refractivity contribution in [2.75, 3.05) is 11.9 Å². The maximum atomic E-state index is 13.6. The molecule has 1 aromatic heterocycles. The predicted molar refractivity (Wildman–Crippen MR) is 98.7 cm³/mol. The molecule has 2 amide bonds. The highest BCUT2D eigenvalue weighted by Gasteiger charge is 2.16. The molecule has 150 valence electrons. The van der Waals surface area contributed by atoms with Crippen molar-refractivity contribution in [1.82, 2.24) is 14.9 Å². The molecule has 0 spiro atoms. The third-order valence-corrected chi connectivity index (χ3v) is 4.11. The molecule has 0 radical (unpaired) electrons. The van der Waals surface area contributed by atoms with Crippen LogP contribution in [0.2, 0.25) is 0 Å². The number of nitrogens with zero attached hydrogens (tertiary/aromatic N) is 2. The smallest absolute Gasteiger partial charge is 0.261 e. The van der Waals surface area contributed by atoms with Crippen LogP contribution in [-0.4, -0.2) is 27.9 Å². The molecule has 7 nitrogen and oxygen atoms in total. The highest BCUT2D eigenvalue weighted by molar-refractivity contribution is 5.94. The van der Waals surface area contributed by atoms with Gasteiger partial charge in [0.15, 0.2) is 17.5 Å². The third kappa shape index (κ3) is 4.26. The number of hydrogen-bond acceptors (Lipinski definition) is 4. The lowest BCUT2D eigenvalue weighted by Gasteiger charge is -2.11. The number of fused-ring (bicyclic) bond motifs is 1. The van der Waals surface area contributed by atoms with Gasteiger partial charge >= 0.3 is 0 Å². The van der Waals surface area contributed by atoms with E-state index in [2.05, 4.69) is 10.3 Å². The summed E-state index contributed by atoms with van der Waals surface area (Å²) in [6.07, 6.45) is 0. The van der Waals surface area contributed by atoms with Crippen molar-refractivity contribution in [2.24, 2.45) is 0 Å². The van der Waals surface area contributed by atoms with Gasteiger partial charge in [-0.3, -0.25) is 19.0 Å². The van der Waals surface area contributed by atoms with E-state index in [1.54, 1.807) is 31.2 Å². The molecular weight excluding hydrogens is 389 g/mol. The molecule has 0 bridgehead atoms. The standard InChI is InChI=1S/C19H15F3N4O3/c1-10-24-13-5-3-2-4-11(13)19(29)26(10)9-16(28)23-8-15(27)25-14-7-6-12(20)17(21)18(14)22/h2-7H,8-9H2,1H3,(H,23,28)(H,25,27). The van der Waals surface area contributed by atoms with Crippen LogP contribution in [0, 0.1) is 24.4 Å². The van der Waals surface area contributed by atoms with Gasteiger partial charge in [-0.25, -0.2) is 18.2 Å². The molecule has 0 fully saturated rings. The van der Waals surface area contributed by atoms with Crippen molar-refractivity contribution in [2.45, 2.75) is 13.5 Å². The minimum absolute atomic E-state index is 0.317. The van der Waals surface area contributed by atoms with Gasteiger partial charge in [-0.2, -0.15) is 0 Å². The van der Waals surface area contributed by atoms with E-state index in [0.29, 0.717) is 22.8 Å². The SMILES string of the molecule is Cc1nc2ccccc2c(=O)n1CC(=O)NCC(=O)Nc1ccc(F)c(F)c1F. The van der Waals surface area contributed by atoms with Crippen LogP contribution in [0.1, 0.15) is 5.82 Å². The molecule has 3 aromatic rings. The quantitative estimate of drug-likeness (QED) is 0.635. The molecule has 0 saturated carbocycles. The van der Waals surface area contributed by atoms with Gasteiger partial charge < -0.3 is 10.6 Å². The van der Waals surface area contributed by atoms with E-state index < -0.39 is 47.1 Å². The van der Waals surface area contributed by atoms with Crippen LogP contribution in [0.25, 0.3) is 10.9 Å². The Kier molecular flexibility index (Phi) is 5.62. The number of nitrogens with one attached hydrogen (secondary N) is 2. The first-order valence-electron chi connectivity index (χ1n) is 8.44. The fourth-order valence-corrected chi connectivity index (χ4v) is 2.66. The summed E-state index contributed by atoms with van der Waals surface area (Å²) >= 11 is 0.